The zero-order valence-corrected chi connectivity index (χ0v) is 20.8. The van der Waals surface area contributed by atoms with Gasteiger partial charge in [-0.25, -0.2) is 4.79 Å². The number of ether oxygens (including phenoxy) is 1. The van der Waals surface area contributed by atoms with Crippen LogP contribution in [0.25, 0.3) is 0 Å². The fourth-order valence-electron chi connectivity index (χ4n) is 4.06. The number of benzene rings is 2. The quantitative estimate of drug-likeness (QED) is 0.303. The van der Waals surface area contributed by atoms with E-state index in [0.29, 0.717) is 28.4 Å². The van der Waals surface area contributed by atoms with E-state index in [1.54, 1.807) is 12.1 Å². The highest BCUT2D eigenvalue weighted by atomic mass is 32.2. The van der Waals surface area contributed by atoms with Gasteiger partial charge in [0.05, 0.1) is 12.3 Å². The summed E-state index contributed by atoms with van der Waals surface area (Å²) >= 11 is 1.10. The summed E-state index contributed by atoms with van der Waals surface area (Å²) in [5.74, 6) is 0.0174. The van der Waals surface area contributed by atoms with Gasteiger partial charge in [0.1, 0.15) is 0 Å². The molecule has 0 unspecified atom stereocenters. The number of nitrogens with one attached hydrogen (secondary N) is 2. The van der Waals surface area contributed by atoms with Gasteiger partial charge in [-0.2, -0.15) is 0 Å². The van der Waals surface area contributed by atoms with Gasteiger partial charge in [0.15, 0.2) is 5.12 Å². The van der Waals surface area contributed by atoms with Crippen molar-refractivity contribution in [2.75, 3.05) is 17.2 Å². The van der Waals surface area contributed by atoms with E-state index < -0.39 is 6.09 Å². The Morgan fingerprint density at radius 3 is 2.35 bits per heavy atom. The SMILES string of the molecule is CCCCOC(=O)Nc1ccccc1CC(=O)Sc1ccccc1NC(=O)C1(C)CCCCC1. The van der Waals surface area contributed by atoms with Crippen molar-refractivity contribution in [1.29, 1.82) is 0 Å². The van der Waals surface area contributed by atoms with Crippen molar-refractivity contribution in [3.63, 3.8) is 0 Å². The maximum atomic E-state index is 13.0. The highest BCUT2D eigenvalue weighted by Crippen LogP contribution is 2.38. The summed E-state index contributed by atoms with van der Waals surface area (Å²) in [5.41, 5.74) is 1.56. The fourth-order valence-corrected chi connectivity index (χ4v) is 4.91. The minimum Gasteiger partial charge on any atom is -0.449 e. The molecule has 1 saturated carbocycles. The van der Waals surface area contributed by atoms with E-state index in [0.717, 1.165) is 50.3 Å². The molecular weight excluding hydrogens is 448 g/mol. The van der Waals surface area contributed by atoms with Crippen LogP contribution in [0.3, 0.4) is 0 Å². The Morgan fingerprint density at radius 2 is 1.62 bits per heavy atom. The van der Waals surface area contributed by atoms with Gasteiger partial charge in [0, 0.05) is 22.4 Å². The average Bonchev–Trinajstić information content (AvgIpc) is 2.82. The van der Waals surface area contributed by atoms with E-state index in [-0.39, 0.29) is 22.9 Å². The first-order valence-electron chi connectivity index (χ1n) is 12.0. The van der Waals surface area contributed by atoms with Gasteiger partial charge < -0.3 is 10.1 Å². The molecule has 0 atom stereocenters. The Kier molecular flexibility index (Phi) is 9.57. The summed E-state index contributed by atoms with van der Waals surface area (Å²) in [7, 11) is 0. The molecule has 6 nitrogen and oxygen atoms in total. The Labute approximate surface area is 206 Å². The summed E-state index contributed by atoms with van der Waals surface area (Å²) in [6.45, 7) is 4.42. The summed E-state index contributed by atoms with van der Waals surface area (Å²) in [6, 6.07) is 14.6. The molecule has 0 aliphatic heterocycles. The molecular formula is C27H34N2O4S. The van der Waals surface area contributed by atoms with Crippen molar-refractivity contribution in [2.45, 2.75) is 70.1 Å². The molecule has 182 valence electrons. The highest BCUT2D eigenvalue weighted by Gasteiger charge is 2.34. The lowest BCUT2D eigenvalue weighted by molar-refractivity contribution is -0.126. The molecule has 0 radical (unpaired) electrons. The zero-order chi connectivity index (χ0) is 24.4. The lowest BCUT2D eigenvalue weighted by Crippen LogP contribution is -2.35. The number of amides is 2. The summed E-state index contributed by atoms with van der Waals surface area (Å²) in [4.78, 5) is 38.7. The van der Waals surface area contributed by atoms with E-state index >= 15 is 0 Å². The first-order valence-corrected chi connectivity index (χ1v) is 12.9. The largest absolute Gasteiger partial charge is 0.449 e. The van der Waals surface area contributed by atoms with E-state index in [2.05, 4.69) is 10.6 Å². The Morgan fingerprint density at radius 1 is 0.941 bits per heavy atom. The lowest BCUT2D eigenvalue weighted by Gasteiger charge is -2.32. The van der Waals surface area contributed by atoms with Gasteiger partial charge in [0.25, 0.3) is 0 Å². The van der Waals surface area contributed by atoms with Crippen LogP contribution in [0.2, 0.25) is 0 Å². The molecule has 0 heterocycles. The Balaban J connectivity index is 1.64. The first kappa shape index (κ1) is 25.8. The monoisotopic (exact) mass is 482 g/mol. The number of anilines is 2. The highest BCUT2D eigenvalue weighted by molar-refractivity contribution is 8.13. The third-order valence-electron chi connectivity index (χ3n) is 6.18. The van der Waals surface area contributed by atoms with Gasteiger partial charge in [-0.1, -0.05) is 69.9 Å². The van der Waals surface area contributed by atoms with E-state index in [1.807, 2.05) is 50.2 Å². The number of para-hydroxylation sites is 2. The smallest absolute Gasteiger partial charge is 0.411 e. The molecule has 7 heteroatoms. The normalized spacial score (nSPS) is 14.8. The molecule has 2 N–H and O–H groups in total. The minimum absolute atomic E-state index is 0.0174. The number of unbranched alkanes of at least 4 members (excludes halogenated alkanes) is 1. The Bertz CT molecular complexity index is 1000. The van der Waals surface area contributed by atoms with E-state index in [9.17, 15) is 14.4 Å². The maximum Gasteiger partial charge on any atom is 0.411 e. The molecule has 2 aromatic carbocycles. The van der Waals surface area contributed by atoms with Gasteiger partial charge in [-0.05, 0) is 54.8 Å². The first-order chi connectivity index (χ1) is 16.4. The van der Waals surface area contributed by atoms with Gasteiger partial charge >= 0.3 is 6.09 Å². The van der Waals surface area contributed by atoms with Crippen LogP contribution in [0.4, 0.5) is 16.2 Å². The predicted octanol–water partition coefficient (Wildman–Crippen LogP) is 6.81. The van der Waals surface area contributed by atoms with E-state index in [1.165, 1.54) is 6.42 Å². The maximum absolute atomic E-state index is 13.0. The van der Waals surface area contributed by atoms with Crippen LogP contribution in [-0.4, -0.2) is 23.7 Å². The van der Waals surface area contributed by atoms with Crippen molar-refractivity contribution >= 4 is 40.3 Å². The Hall–Kier alpha value is -2.80. The van der Waals surface area contributed by atoms with Crippen LogP contribution >= 0.6 is 11.8 Å². The van der Waals surface area contributed by atoms with Crippen LogP contribution in [0.15, 0.2) is 53.4 Å². The average molecular weight is 483 g/mol. The second-order valence-electron chi connectivity index (χ2n) is 8.99. The number of carbonyl (C=O) groups is 3. The van der Waals surface area contributed by atoms with Crippen LogP contribution in [-0.2, 0) is 20.7 Å². The second-order valence-corrected chi connectivity index (χ2v) is 10.1. The van der Waals surface area contributed by atoms with Gasteiger partial charge in [-0.3, -0.25) is 14.9 Å². The number of hydrogen-bond acceptors (Lipinski definition) is 5. The lowest BCUT2D eigenvalue weighted by atomic mass is 9.75. The summed E-state index contributed by atoms with van der Waals surface area (Å²) in [5, 5.41) is 5.72. The summed E-state index contributed by atoms with van der Waals surface area (Å²) in [6.07, 6.45) is 6.44. The van der Waals surface area contributed by atoms with Crippen molar-refractivity contribution in [2.24, 2.45) is 5.41 Å². The van der Waals surface area contributed by atoms with Crippen molar-refractivity contribution < 1.29 is 19.1 Å². The summed E-state index contributed by atoms with van der Waals surface area (Å²) < 4.78 is 5.17. The van der Waals surface area contributed by atoms with Crippen LogP contribution in [0.1, 0.15) is 64.4 Å². The standard InChI is InChI=1S/C27H34N2O4S/c1-3-4-18-33-26(32)29-21-13-7-6-12-20(21)19-24(30)34-23-15-9-8-14-22(23)28-25(31)27(2)16-10-5-11-17-27/h6-9,12-15H,3-5,10-11,16-19H2,1-2H3,(H,28,31)(H,29,32). The second kappa shape index (κ2) is 12.6. The third-order valence-corrected chi connectivity index (χ3v) is 7.13. The topological polar surface area (TPSA) is 84.5 Å². The fraction of sp³-hybridized carbons (Fsp3) is 0.444. The predicted molar refractivity (Wildman–Crippen MR) is 137 cm³/mol. The number of carbonyl (C=O) groups excluding carboxylic acids is 3. The molecule has 0 aromatic heterocycles. The molecule has 1 aliphatic carbocycles. The molecule has 0 spiro atoms. The van der Waals surface area contributed by atoms with E-state index in [4.69, 9.17) is 4.74 Å². The van der Waals surface area contributed by atoms with Gasteiger partial charge in [-0.15, -0.1) is 0 Å². The number of hydrogen-bond donors (Lipinski definition) is 2. The molecule has 3 rings (SSSR count). The third kappa shape index (κ3) is 7.35. The van der Waals surface area contributed by atoms with Crippen molar-refractivity contribution in [3.05, 3.63) is 54.1 Å². The van der Waals surface area contributed by atoms with Crippen molar-refractivity contribution in [3.8, 4) is 0 Å². The number of rotatable bonds is 9. The molecule has 34 heavy (non-hydrogen) atoms. The van der Waals surface area contributed by atoms with Crippen LogP contribution in [0.5, 0.6) is 0 Å². The molecule has 1 fully saturated rings. The molecule has 0 bridgehead atoms. The molecule has 0 saturated heterocycles. The zero-order valence-electron chi connectivity index (χ0n) is 20.0. The molecule has 2 aromatic rings. The number of thioether (sulfide) groups is 1. The van der Waals surface area contributed by atoms with Gasteiger partial charge in [0.2, 0.25) is 5.91 Å². The minimum atomic E-state index is -0.523. The van der Waals surface area contributed by atoms with Crippen molar-refractivity contribution in [1.82, 2.24) is 0 Å². The van der Waals surface area contributed by atoms with Crippen LogP contribution in [0, 0.1) is 5.41 Å². The molecule has 2 amide bonds. The molecule has 1 aliphatic rings. The van der Waals surface area contributed by atoms with Crippen LogP contribution < -0.4 is 10.6 Å².